The molecule has 33 heavy (non-hydrogen) atoms. The number of anilines is 1. The van der Waals surface area contributed by atoms with Crippen LogP contribution < -0.4 is 14.4 Å². The van der Waals surface area contributed by atoms with Gasteiger partial charge in [-0.1, -0.05) is 35.6 Å². The highest BCUT2D eigenvalue weighted by Gasteiger charge is 2.25. The third kappa shape index (κ3) is 5.38. The van der Waals surface area contributed by atoms with E-state index < -0.39 is 0 Å². The number of benzene rings is 3. The molecule has 0 saturated carbocycles. The smallest absolute Gasteiger partial charge is 0.263 e. The Labute approximate surface area is 204 Å². The van der Waals surface area contributed by atoms with E-state index in [1.165, 1.54) is 11.3 Å². The molecule has 0 fully saturated rings. The van der Waals surface area contributed by atoms with Crippen LogP contribution in [-0.2, 0) is 0 Å². The highest BCUT2D eigenvalue weighted by molar-refractivity contribution is 7.22. The summed E-state index contributed by atoms with van der Waals surface area (Å²) in [6, 6.07) is 17.6. The zero-order chi connectivity index (χ0) is 22.7. The van der Waals surface area contributed by atoms with Gasteiger partial charge in [0.25, 0.3) is 5.91 Å². The molecule has 3 aromatic carbocycles. The van der Waals surface area contributed by atoms with Crippen LogP contribution in [-0.4, -0.2) is 56.7 Å². The molecular formula is C25H28ClN3O3S. The van der Waals surface area contributed by atoms with Gasteiger partial charge >= 0.3 is 0 Å². The van der Waals surface area contributed by atoms with Crippen LogP contribution in [0.3, 0.4) is 0 Å². The number of nitrogens with zero attached hydrogens (tertiary/aromatic N) is 3. The summed E-state index contributed by atoms with van der Waals surface area (Å²) in [5.41, 5.74) is 1.38. The van der Waals surface area contributed by atoms with Crippen molar-refractivity contribution in [3.8, 4) is 11.5 Å². The van der Waals surface area contributed by atoms with E-state index in [2.05, 4.69) is 4.90 Å². The molecule has 0 aliphatic carbocycles. The van der Waals surface area contributed by atoms with Gasteiger partial charge in [0.15, 0.2) is 5.13 Å². The molecule has 0 unspecified atom stereocenters. The molecule has 0 aliphatic rings. The third-order valence-electron chi connectivity index (χ3n) is 5.20. The predicted molar refractivity (Wildman–Crippen MR) is 139 cm³/mol. The van der Waals surface area contributed by atoms with Crippen LogP contribution >= 0.6 is 23.7 Å². The number of amides is 1. The van der Waals surface area contributed by atoms with Crippen molar-refractivity contribution in [3.63, 3.8) is 0 Å². The number of rotatable bonds is 8. The number of ether oxygens (including phenoxy) is 2. The van der Waals surface area contributed by atoms with E-state index in [9.17, 15) is 4.79 Å². The topological polar surface area (TPSA) is 54.9 Å². The second kappa shape index (κ2) is 10.8. The van der Waals surface area contributed by atoms with Gasteiger partial charge in [0.2, 0.25) is 0 Å². The summed E-state index contributed by atoms with van der Waals surface area (Å²) in [5, 5.41) is 2.69. The predicted octanol–water partition coefficient (Wildman–Crippen LogP) is 5.49. The maximum atomic E-state index is 13.8. The summed E-state index contributed by atoms with van der Waals surface area (Å²) < 4.78 is 12.2. The maximum absolute atomic E-state index is 13.8. The molecule has 0 bridgehead atoms. The molecule has 0 radical (unpaired) electrons. The van der Waals surface area contributed by atoms with E-state index >= 15 is 0 Å². The van der Waals surface area contributed by atoms with Crippen LogP contribution in [0.5, 0.6) is 11.5 Å². The largest absolute Gasteiger partial charge is 0.496 e. The van der Waals surface area contributed by atoms with Crippen molar-refractivity contribution in [2.45, 2.75) is 6.92 Å². The fourth-order valence-electron chi connectivity index (χ4n) is 3.55. The van der Waals surface area contributed by atoms with E-state index in [1.807, 2.05) is 75.6 Å². The molecule has 174 valence electrons. The van der Waals surface area contributed by atoms with Crippen LogP contribution in [0.2, 0.25) is 0 Å². The number of hydrogen-bond donors (Lipinski definition) is 0. The number of halogens is 1. The second-order valence-electron chi connectivity index (χ2n) is 7.72. The molecule has 1 heterocycles. The quantitative estimate of drug-likeness (QED) is 0.330. The molecule has 1 amide bonds. The molecule has 0 N–H and O–H groups in total. The number of aromatic nitrogens is 1. The molecule has 1 aromatic heterocycles. The number of methoxy groups -OCH3 is 1. The van der Waals surface area contributed by atoms with Gasteiger partial charge in [-0.25, -0.2) is 4.98 Å². The summed E-state index contributed by atoms with van der Waals surface area (Å²) in [6.45, 7) is 3.79. The summed E-state index contributed by atoms with van der Waals surface area (Å²) in [7, 11) is 5.58. The van der Waals surface area contributed by atoms with E-state index in [1.54, 1.807) is 12.0 Å². The van der Waals surface area contributed by atoms with Crippen LogP contribution in [0, 0.1) is 0 Å². The number of carbonyl (C=O) groups excluding carboxylic acids is 1. The third-order valence-corrected chi connectivity index (χ3v) is 6.25. The SMILES string of the molecule is CCOc1ccc2nc(N(CCN(C)C)C(=O)c3cc4ccccc4cc3OC)sc2c1.Cl. The molecule has 8 heteroatoms. The van der Waals surface area contributed by atoms with Gasteiger partial charge in [-0.05, 0) is 62.1 Å². The fraction of sp³-hybridized carbons (Fsp3) is 0.280. The van der Waals surface area contributed by atoms with Crippen LogP contribution in [0.25, 0.3) is 21.0 Å². The Balaban J connectivity index is 0.00000306. The van der Waals surface area contributed by atoms with Crippen molar-refractivity contribution in [3.05, 3.63) is 60.2 Å². The number of carbonyl (C=O) groups is 1. The highest BCUT2D eigenvalue weighted by Crippen LogP contribution is 2.34. The normalized spacial score (nSPS) is 10.9. The zero-order valence-electron chi connectivity index (χ0n) is 19.2. The standard InChI is InChI=1S/C25H27N3O3S.ClH/c1-5-31-19-10-11-21-23(16-19)32-25(26-21)28(13-12-27(2)3)24(29)20-14-17-8-6-7-9-18(17)15-22(20)30-4;/h6-11,14-16H,5,12-13H2,1-4H3;1H. The van der Waals surface area contributed by atoms with Gasteiger partial charge in [0.1, 0.15) is 11.5 Å². The van der Waals surface area contributed by atoms with Crippen LogP contribution in [0.15, 0.2) is 54.6 Å². The Morgan fingerprint density at radius 2 is 1.76 bits per heavy atom. The van der Waals surface area contributed by atoms with Gasteiger partial charge in [-0.2, -0.15) is 0 Å². The first kappa shape index (κ1) is 24.8. The lowest BCUT2D eigenvalue weighted by atomic mass is 10.0. The lowest BCUT2D eigenvalue weighted by Crippen LogP contribution is -2.37. The Morgan fingerprint density at radius 1 is 1.03 bits per heavy atom. The molecule has 0 aliphatic heterocycles. The van der Waals surface area contributed by atoms with E-state index in [0.717, 1.165) is 26.7 Å². The lowest BCUT2D eigenvalue weighted by molar-refractivity contribution is 0.0982. The van der Waals surface area contributed by atoms with Crippen molar-refractivity contribution in [2.75, 3.05) is 45.8 Å². The first-order valence-electron chi connectivity index (χ1n) is 10.6. The molecule has 0 atom stereocenters. The Morgan fingerprint density at radius 3 is 2.42 bits per heavy atom. The average Bonchev–Trinajstić information content (AvgIpc) is 3.21. The molecule has 4 aromatic rings. The van der Waals surface area contributed by atoms with Gasteiger partial charge in [0.05, 0.1) is 29.5 Å². The average molecular weight is 486 g/mol. The summed E-state index contributed by atoms with van der Waals surface area (Å²) in [4.78, 5) is 22.4. The summed E-state index contributed by atoms with van der Waals surface area (Å²) >= 11 is 1.49. The van der Waals surface area contributed by atoms with Crippen molar-refractivity contribution in [1.29, 1.82) is 0 Å². The number of thiazole rings is 1. The van der Waals surface area contributed by atoms with E-state index in [0.29, 0.717) is 36.1 Å². The van der Waals surface area contributed by atoms with Gasteiger partial charge in [0, 0.05) is 13.1 Å². The fourth-order valence-corrected chi connectivity index (χ4v) is 4.57. The molecular weight excluding hydrogens is 458 g/mol. The molecule has 0 saturated heterocycles. The number of hydrogen-bond acceptors (Lipinski definition) is 6. The van der Waals surface area contributed by atoms with Gasteiger partial charge in [-0.15, -0.1) is 12.4 Å². The Hall–Kier alpha value is -2.87. The Bertz CT molecular complexity index is 1260. The van der Waals surface area contributed by atoms with Crippen molar-refractivity contribution in [1.82, 2.24) is 9.88 Å². The minimum atomic E-state index is -0.126. The van der Waals surface area contributed by atoms with Crippen LogP contribution in [0.1, 0.15) is 17.3 Å². The van der Waals surface area contributed by atoms with Gasteiger partial charge < -0.3 is 14.4 Å². The maximum Gasteiger partial charge on any atom is 0.263 e. The van der Waals surface area contributed by atoms with Gasteiger partial charge in [-0.3, -0.25) is 9.69 Å². The Kier molecular flexibility index (Phi) is 8.13. The van der Waals surface area contributed by atoms with E-state index in [-0.39, 0.29) is 18.3 Å². The highest BCUT2D eigenvalue weighted by atomic mass is 35.5. The number of fused-ring (bicyclic) bond motifs is 2. The van der Waals surface area contributed by atoms with Crippen LogP contribution in [0.4, 0.5) is 5.13 Å². The summed E-state index contributed by atoms with van der Waals surface area (Å²) in [5.74, 6) is 1.24. The van der Waals surface area contributed by atoms with E-state index in [4.69, 9.17) is 14.5 Å². The van der Waals surface area contributed by atoms with Crippen molar-refractivity contribution >= 4 is 55.8 Å². The minimum Gasteiger partial charge on any atom is -0.496 e. The minimum absolute atomic E-state index is 0. The first-order valence-corrected chi connectivity index (χ1v) is 11.4. The summed E-state index contributed by atoms with van der Waals surface area (Å²) in [6.07, 6.45) is 0. The molecule has 6 nitrogen and oxygen atoms in total. The second-order valence-corrected chi connectivity index (χ2v) is 8.73. The zero-order valence-corrected chi connectivity index (χ0v) is 20.8. The van der Waals surface area contributed by atoms with Crippen molar-refractivity contribution < 1.29 is 14.3 Å². The first-order chi connectivity index (χ1) is 15.5. The number of likely N-dealkylation sites (N-methyl/N-ethyl adjacent to an activating group) is 1. The monoisotopic (exact) mass is 485 g/mol. The van der Waals surface area contributed by atoms with Crippen molar-refractivity contribution in [2.24, 2.45) is 0 Å². The lowest BCUT2D eigenvalue weighted by Gasteiger charge is -2.23. The molecule has 4 rings (SSSR count). The molecule has 0 spiro atoms.